The van der Waals surface area contributed by atoms with Gasteiger partial charge in [0.05, 0.1) is 6.10 Å². The quantitative estimate of drug-likeness (QED) is 0.897. The number of benzene rings is 1. The van der Waals surface area contributed by atoms with Crippen molar-refractivity contribution in [1.29, 1.82) is 0 Å². The molecule has 0 aromatic heterocycles. The Morgan fingerprint density at radius 1 is 1.33 bits per heavy atom. The molecule has 3 nitrogen and oxygen atoms in total. The van der Waals surface area contributed by atoms with E-state index in [0.29, 0.717) is 18.7 Å². The number of hydrogen-bond acceptors (Lipinski definition) is 3. The Hall–Kier alpha value is -1.20. The van der Waals surface area contributed by atoms with Gasteiger partial charge in [-0.15, -0.1) is 0 Å². The highest BCUT2D eigenvalue weighted by molar-refractivity contribution is 5.51. The highest BCUT2D eigenvalue weighted by atomic mass is 19.1. The molecule has 0 bridgehead atoms. The van der Waals surface area contributed by atoms with Crippen LogP contribution in [0.1, 0.15) is 32.8 Å². The van der Waals surface area contributed by atoms with Crippen LogP contribution in [-0.2, 0) is 6.54 Å². The van der Waals surface area contributed by atoms with Crippen LogP contribution in [0.2, 0.25) is 0 Å². The number of rotatable bonds is 4. The second kappa shape index (κ2) is 6.71. The largest absolute Gasteiger partial charge is 0.391 e. The SMILES string of the molecule is CC(C)NCc1cc(F)c(N2CCC(C)C(O)C2)c(F)c1. The van der Waals surface area contributed by atoms with Gasteiger partial charge in [-0.3, -0.25) is 0 Å². The number of aliphatic hydroxyl groups is 1. The molecule has 2 unspecified atom stereocenters. The fraction of sp³-hybridized carbons (Fsp3) is 0.625. The summed E-state index contributed by atoms with van der Waals surface area (Å²) in [6.07, 6.45) is 0.191. The average Bonchev–Trinajstić information content (AvgIpc) is 2.39. The highest BCUT2D eigenvalue weighted by Crippen LogP contribution is 2.29. The summed E-state index contributed by atoms with van der Waals surface area (Å²) in [4.78, 5) is 1.61. The third-order valence-electron chi connectivity index (χ3n) is 4.03. The summed E-state index contributed by atoms with van der Waals surface area (Å²) in [6.45, 7) is 7.20. The van der Waals surface area contributed by atoms with Gasteiger partial charge < -0.3 is 15.3 Å². The van der Waals surface area contributed by atoms with Gasteiger partial charge >= 0.3 is 0 Å². The third kappa shape index (κ3) is 3.92. The summed E-state index contributed by atoms with van der Waals surface area (Å²) >= 11 is 0. The molecule has 1 saturated heterocycles. The summed E-state index contributed by atoms with van der Waals surface area (Å²) in [5.74, 6) is -0.948. The van der Waals surface area contributed by atoms with Crippen molar-refractivity contribution in [3.05, 3.63) is 29.3 Å². The van der Waals surface area contributed by atoms with Gasteiger partial charge in [0.1, 0.15) is 17.3 Å². The smallest absolute Gasteiger partial charge is 0.149 e. The Balaban J connectivity index is 2.17. The molecule has 21 heavy (non-hydrogen) atoms. The van der Waals surface area contributed by atoms with Crippen LogP contribution in [0.3, 0.4) is 0 Å². The van der Waals surface area contributed by atoms with Crippen LogP contribution in [0.15, 0.2) is 12.1 Å². The summed E-state index contributed by atoms with van der Waals surface area (Å²) in [6, 6.07) is 3.01. The molecule has 1 aromatic carbocycles. The van der Waals surface area contributed by atoms with Gasteiger partial charge in [-0.25, -0.2) is 8.78 Å². The fourth-order valence-corrected chi connectivity index (χ4v) is 2.60. The molecular weight excluding hydrogens is 274 g/mol. The normalized spacial score (nSPS) is 22.9. The molecule has 1 aromatic rings. The molecule has 0 aliphatic carbocycles. The lowest BCUT2D eigenvalue weighted by molar-refractivity contribution is 0.102. The van der Waals surface area contributed by atoms with Crippen molar-refractivity contribution < 1.29 is 13.9 Å². The van der Waals surface area contributed by atoms with Gasteiger partial charge in [-0.05, 0) is 30.0 Å². The van der Waals surface area contributed by atoms with Crippen LogP contribution < -0.4 is 10.2 Å². The van der Waals surface area contributed by atoms with Crippen molar-refractivity contribution in [3.8, 4) is 0 Å². The molecule has 0 saturated carbocycles. The van der Waals surface area contributed by atoms with E-state index in [-0.39, 0.29) is 24.2 Å². The first kappa shape index (κ1) is 16.2. The Morgan fingerprint density at radius 2 is 1.95 bits per heavy atom. The molecule has 2 rings (SSSR count). The van der Waals surface area contributed by atoms with Gasteiger partial charge in [0.25, 0.3) is 0 Å². The highest BCUT2D eigenvalue weighted by Gasteiger charge is 2.28. The number of anilines is 1. The zero-order valence-corrected chi connectivity index (χ0v) is 12.9. The first-order valence-corrected chi connectivity index (χ1v) is 7.52. The first-order chi connectivity index (χ1) is 9.88. The number of aliphatic hydroxyl groups excluding tert-OH is 1. The number of halogens is 2. The lowest BCUT2D eigenvalue weighted by Crippen LogP contribution is -2.43. The third-order valence-corrected chi connectivity index (χ3v) is 4.03. The van der Waals surface area contributed by atoms with E-state index in [1.54, 1.807) is 4.90 Å². The number of hydrogen-bond donors (Lipinski definition) is 2. The maximum absolute atomic E-state index is 14.3. The Morgan fingerprint density at radius 3 is 2.48 bits per heavy atom. The van der Waals surface area contributed by atoms with E-state index in [2.05, 4.69) is 5.32 Å². The van der Waals surface area contributed by atoms with Crippen molar-refractivity contribution in [2.75, 3.05) is 18.0 Å². The van der Waals surface area contributed by atoms with Crippen LogP contribution in [-0.4, -0.2) is 30.3 Å². The van der Waals surface area contributed by atoms with E-state index in [9.17, 15) is 13.9 Å². The first-order valence-electron chi connectivity index (χ1n) is 7.52. The molecule has 2 N–H and O–H groups in total. The van der Waals surface area contributed by atoms with Gasteiger partial charge in [0.2, 0.25) is 0 Å². The van der Waals surface area contributed by atoms with Gasteiger partial charge in [-0.1, -0.05) is 20.8 Å². The topological polar surface area (TPSA) is 35.5 Å². The predicted octanol–water partition coefficient (Wildman–Crippen LogP) is 2.67. The lowest BCUT2D eigenvalue weighted by atomic mass is 9.95. The van der Waals surface area contributed by atoms with Crippen LogP contribution in [0.5, 0.6) is 0 Å². The van der Waals surface area contributed by atoms with E-state index in [4.69, 9.17) is 0 Å². The van der Waals surface area contributed by atoms with Crippen LogP contribution >= 0.6 is 0 Å². The minimum Gasteiger partial charge on any atom is -0.391 e. The summed E-state index contributed by atoms with van der Waals surface area (Å²) in [5.41, 5.74) is 0.572. The Kier molecular flexibility index (Phi) is 5.17. The number of nitrogens with zero attached hydrogens (tertiary/aromatic N) is 1. The van der Waals surface area contributed by atoms with E-state index in [0.717, 1.165) is 6.42 Å². The predicted molar refractivity (Wildman–Crippen MR) is 80.3 cm³/mol. The maximum atomic E-state index is 14.3. The van der Waals surface area contributed by atoms with Gasteiger partial charge in [0.15, 0.2) is 0 Å². The van der Waals surface area contributed by atoms with Gasteiger partial charge in [0, 0.05) is 25.7 Å². The zero-order valence-electron chi connectivity index (χ0n) is 12.9. The second-order valence-electron chi connectivity index (χ2n) is 6.22. The van der Waals surface area contributed by atoms with Crippen LogP contribution in [0, 0.1) is 17.6 Å². The van der Waals surface area contributed by atoms with Crippen molar-refractivity contribution in [3.63, 3.8) is 0 Å². The maximum Gasteiger partial charge on any atom is 0.149 e. The Labute approximate surface area is 125 Å². The molecule has 1 aliphatic rings. The molecule has 5 heteroatoms. The minimum atomic E-state index is -0.558. The fourth-order valence-electron chi connectivity index (χ4n) is 2.60. The minimum absolute atomic E-state index is 0.0192. The second-order valence-corrected chi connectivity index (χ2v) is 6.22. The van der Waals surface area contributed by atoms with Crippen molar-refractivity contribution in [2.45, 2.75) is 45.9 Å². The summed E-state index contributed by atoms with van der Waals surface area (Å²) in [7, 11) is 0. The molecule has 1 aliphatic heterocycles. The average molecular weight is 298 g/mol. The standard InChI is InChI=1S/C16H24F2N2O/c1-10(2)19-8-12-6-13(17)16(14(18)7-12)20-5-4-11(3)15(21)9-20/h6-7,10-11,15,19,21H,4-5,8-9H2,1-3H3. The number of nitrogens with one attached hydrogen (secondary N) is 1. The van der Waals surface area contributed by atoms with E-state index in [1.807, 2.05) is 20.8 Å². The molecule has 0 spiro atoms. The van der Waals surface area contributed by atoms with Crippen molar-refractivity contribution >= 4 is 5.69 Å². The van der Waals surface area contributed by atoms with Crippen LogP contribution in [0.25, 0.3) is 0 Å². The summed E-state index contributed by atoms with van der Waals surface area (Å²) < 4.78 is 28.5. The van der Waals surface area contributed by atoms with Crippen LogP contribution in [0.4, 0.5) is 14.5 Å². The molecule has 1 heterocycles. The van der Waals surface area contributed by atoms with Gasteiger partial charge in [-0.2, -0.15) is 0 Å². The number of β-amino-alcohol motifs (C(OH)–C–C–N with tert-alkyl or cyclic N) is 1. The molecule has 118 valence electrons. The molecule has 2 atom stereocenters. The molecular formula is C16H24F2N2O. The molecule has 0 amide bonds. The molecule has 0 radical (unpaired) electrons. The van der Waals surface area contributed by atoms with E-state index in [1.165, 1.54) is 12.1 Å². The summed E-state index contributed by atoms with van der Waals surface area (Å²) in [5, 5.41) is 13.0. The Bertz CT molecular complexity index is 470. The van der Waals surface area contributed by atoms with Crippen molar-refractivity contribution in [1.82, 2.24) is 5.32 Å². The monoisotopic (exact) mass is 298 g/mol. The lowest BCUT2D eigenvalue weighted by Gasteiger charge is -2.36. The number of piperidine rings is 1. The zero-order chi connectivity index (χ0) is 15.6. The van der Waals surface area contributed by atoms with E-state index >= 15 is 0 Å². The van der Waals surface area contributed by atoms with Crippen molar-refractivity contribution in [2.24, 2.45) is 5.92 Å². The van der Waals surface area contributed by atoms with E-state index < -0.39 is 17.7 Å². The molecule has 1 fully saturated rings.